The Labute approximate surface area is 182 Å². The molecule has 1 aliphatic rings. The number of nitrogens with zero attached hydrogens (tertiary/aromatic N) is 4. The Balaban J connectivity index is 1.63. The van der Waals surface area contributed by atoms with E-state index in [1.165, 1.54) is 5.56 Å². The Morgan fingerprint density at radius 1 is 0.767 bits per heavy atom. The zero-order chi connectivity index (χ0) is 20.2. The Kier molecular flexibility index (Phi) is 3.95. The van der Waals surface area contributed by atoms with E-state index in [0.29, 0.717) is 0 Å². The van der Waals surface area contributed by atoms with Crippen LogP contribution in [0.15, 0.2) is 83.5 Å². The van der Waals surface area contributed by atoms with Crippen LogP contribution in [0.2, 0.25) is 0 Å². The van der Waals surface area contributed by atoms with Crippen LogP contribution in [0.4, 0.5) is 23.0 Å². The fourth-order valence-corrected chi connectivity index (χ4v) is 8.94. The van der Waals surface area contributed by atoms with Crippen LogP contribution in [0.1, 0.15) is 5.56 Å². The summed E-state index contributed by atoms with van der Waals surface area (Å²) in [7, 11) is 0. The molecule has 2 aromatic heterocycles. The molecular weight excluding hydrogens is 487 g/mol. The van der Waals surface area contributed by atoms with Crippen molar-refractivity contribution in [3.8, 4) is 0 Å². The monoisotopic (exact) mass is 506 g/mol. The quantitative estimate of drug-likeness (QED) is 0.148. The number of aromatic nitrogens is 2. The molecule has 0 saturated heterocycles. The Bertz CT molecular complexity index is 1400. The van der Waals surface area contributed by atoms with E-state index < -0.39 is 20.4 Å². The molecule has 30 heavy (non-hydrogen) atoms. The molecule has 1 aliphatic heterocycles. The van der Waals surface area contributed by atoms with E-state index in [0.717, 1.165) is 44.9 Å². The topological polar surface area (TPSA) is 45.4 Å². The molecule has 0 N–H and O–H groups in total. The number of furan rings is 1. The van der Waals surface area contributed by atoms with Gasteiger partial charge in [-0.05, 0) is 0 Å². The normalized spacial score (nSPS) is 14.7. The van der Waals surface area contributed by atoms with Gasteiger partial charge >= 0.3 is 182 Å². The first-order chi connectivity index (χ1) is 14.7. The summed E-state index contributed by atoms with van der Waals surface area (Å²) in [6.07, 6.45) is 3.55. The number of para-hydroxylation sites is 2. The van der Waals surface area contributed by atoms with Gasteiger partial charge in [-0.25, -0.2) is 0 Å². The van der Waals surface area contributed by atoms with Gasteiger partial charge in [-0.2, -0.15) is 0 Å². The Hall–Kier alpha value is -3.13. The molecule has 0 spiro atoms. The first-order valence-corrected chi connectivity index (χ1v) is 13.8. The second-order valence-electron chi connectivity index (χ2n) is 7.22. The number of alkyl halides is 1. The molecule has 0 fully saturated rings. The number of anilines is 4. The van der Waals surface area contributed by atoms with Gasteiger partial charge in [-0.1, -0.05) is 0 Å². The average Bonchev–Trinajstić information content (AvgIpc) is 3.29. The van der Waals surface area contributed by atoms with Gasteiger partial charge in [0.1, 0.15) is 0 Å². The number of rotatable bonds is 2. The molecule has 3 aromatic carbocycles. The number of hydrogen-bond donors (Lipinski definition) is 0. The fourth-order valence-electron chi connectivity index (χ4n) is 4.08. The van der Waals surface area contributed by atoms with Gasteiger partial charge in [-0.3, -0.25) is 0 Å². The van der Waals surface area contributed by atoms with Crippen LogP contribution in [0, 0.1) is 6.92 Å². The van der Waals surface area contributed by atoms with Crippen molar-refractivity contribution in [2.45, 2.75) is 6.92 Å². The molecule has 6 rings (SSSR count). The second kappa shape index (κ2) is 6.70. The summed E-state index contributed by atoms with van der Waals surface area (Å²) in [5.74, 6) is 1.83. The van der Waals surface area contributed by atoms with E-state index in [9.17, 15) is 0 Å². The molecular formula is C24H19IN4O. The molecule has 0 bridgehead atoms. The van der Waals surface area contributed by atoms with Crippen LogP contribution < -0.4 is 6.23 Å². The van der Waals surface area contributed by atoms with Crippen LogP contribution in [0.5, 0.6) is 0 Å². The van der Waals surface area contributed by atoms with E-state index in [1.54, 1.807) is 12.4 Å². The van der Waals surface area contributed by atoms with Crippen molar-refractivity contribution in [2.24, 2.45) is 0 Å². The molecule has 0 atom stereocenters. The van der Waals surface area contributed by atoms with Crippen LogP contribution in [-0.4, -0.2) is 14.9 Å². The average molecular weight is 506 g/mol. The van der Waals surface area contributed by atoms with Crippen molar-refractivity contribution in [3.05, 3.63) is 84.7 Å². The third kappa shape index (κ3) is 2.46. The van der Waals surface area contributed by atoms with Gasteiger partial charge in [0, 0.05) is 0 Å². The molecule has 3 heterocycles. The first-order valence-electron chi connectivity index (χ1n) is 9.71. The van der Waals surface area contributed by atoms with Gasteiger partial charge in [0.15, 0.2) is 0 Å². The predicted octanol–water partition coefficient (Wildman–Crippen LogP) is 6.94. The standard InChI is InChI=1S/C24H19IN4O/c1-16-12-13-19-18-10-6-7-11-20(18)30-22(19)21(16)29-24-23(26-14-15-27-24)28(25(29)2)17-8-4-3-5-9-17/h3-15H,1-2H3. The van der Waals surface area contributed by atoms with Crippen LogP contribution in [0.25, 0.3) is 21.9 Å². The third-order valence-corrected chi connectivity index (χ3v) is 10.2. The second-order valence-corrected chi connectivity index (χ2v) is 11.5. The first kappa shape index (κ1) is 17.7. The van der Waals surface area contributed by atoms with Crippen molar-refractivity contribution in [2.75, 3.05) is 11.2 Å². The van der Waals surface area contributed by atoms with Crippen LogP contribution in [-0.2, 0) is 0 Å². The molecule has 0 amide bonds. The summed E-state index contributed by atoms with van der Waals surface area (Å²) in [4.78, 5) is 11.8. The molecule has 0 unspecified atom stereocenters. The SMILES string of the molecule is Cc1ccc2c(oc3ccccc32)c1N1c2nccnc2N(c2ccccc2)I1C. The predicted molar refractivity (Wildman–Crippen MR) is 131 cm³/mol. The van der Waals surface area contributed by atoms with Crippen LogP contribution in [0.3, 0.4) is 0 Å². The number of benzene rings is 3. The van der Waals surface area contributed by atoms with E-state index in [1.807, 2.05) is 18.2 Å². The van der Waals surface area contributed by atoms with E-state index >= 15 is 0 Å². The van der Waals surface area contributed by atoms with Gasteiger partial charge in [0.05, 0.1) is 0 Å². The fraction of sp³-hybridized carbons (Fsp3) is 0.0833. The zero-order valence-electron chi connectivity index (χ0n) is 16.6. The number of aryl methyl sites for hydroxylation is 1. The molecule has 148 valence electrons. The third-order valence-electron chi connectivity index (χ3n) is 5.42. The maximum absolute atomic E-state index is 6.40. The number of hydrogen-bond acceptors (Lipinski definition) is 5. The van der Waals surface area contributed by atoms with Gasteiger partial charge in [0.2, 0.25) is 0 Å². The van der Waals surface area contributed by atoms with E-state index in [-0.39, 0.29) is 0 Å². The van der Waals surface area contributed by atoms with Crippen molar-refractivity contribution >= 4 is 65.3 Å². The van der Waals surface area contributed by atoms with Crippen molar-refractivity contribution in [1.29, 1.82) is 0 Å². The Morgan fingerprint density at radius 3 is 2.27 bits per heavy atom. The maximum atomic E-state index is 6.40. The Morgan fingerprint density at radius 2 is 1.47 bits per heavy atom. The van der Waals surface area contributed by atoms with Crippen molar-refractivity contribution in [1.82, 2.24) is 9.97 Å². The van der Waals surface area contributed by atoms with E-state index in [2.05, 4.69) is 66.6 Å². The van der Waals surface area contributed by atoms with Gasteiger partial charge in [0.25, 0.3) is 0 Å². The molecule has 0 saturated carbocycles. The number of fused-ring (bicyclic) bond motifs is 4. The molecule has 5 aromatic rings. The summed E-state index contributed by atoms with van der Waals surface area (Å²) >= 11 is -1.94. The molecule has 0 aliphatic carbocycles. The zero-order valence-corrected chi connectivity index (χ0v) is 18.7. The molecule has 6 heteroatoms. The van der Waals surface area contributed by atoms with Crippen molar-refractivity contribution < 1.29 is 4.42 Å². The van der Waals surface area contributed by atoms with Gasteiger partial charge < -0.3 is 0 Å². The van der Waals surface area contributed by atoms with Crippen LogP contribution >= 0.6 is 20.4 Å². The molecule has 5 nitrogen and oxygen atoms in total. The van der Waals surface area contributed by atoms with E-state index in [4.69, 9.17) is 14.4 Å². The minimum absolute atomic E-state index is 0.908. The summed E-state index contributed by atoms with van der Waals surface area (Å²) < 4.78 is 11.2. The van der Waals surface area contributed by atoms with Gasteiger partial charge in [-0.15, -0.1) is 0 Å². The number of halogens is 1. The van der Waals surface area contributed by atoms with Crippen molar-refractivity contribution in [3.63, 3.8) is 0 Å². The summed E-state index contributed by atoms with van der Waals surface area (Å²) in [6, 6.07) is 23.1. The molecule has 0 radical (unpaired) electrons. The summed E-state index contributed by atoms with van der Waals surface area (Å²) in [5, 5.41) is 2.28. The summed E-state index contributed by atoms with van der Waals surface area (Å²) in [5.41, 5.74) is 5.28. The minimum atomic E-state index is -1.94. The summed E-state index contributed by atoms with van der Waals surface area (Å²) in [6.45, 7) is 2.15.